The van der Waals surface area contributed by atoms with Crippen molar-refractivity contribution in [2.75, 3.05) is 18.0 Å². The lowest BCUT2D eigenvalue weighted by Crippen LogP contribution is -2.46. The fourth-order valence-corrected chi connectivity index (χ4v) is 5.93. The number of primary amides is 1. The van der Waals surface area contributed by atoms with Gasteiger partial charge in [-0.15, -0.1) is 0 Å². The van der Waals surface area contributed by atoms with Gasteiger partial charge in [0.25, 0.3) is 5.91 Å². The highest BCUT2D eigenvalue weighted by Gasteiger charge is 2.61. The van der Waals surface area contributed by atoms with Gasteiger partial charge in [-0.3, -0.25) is 9.59 Å². The number of hydrogen-bond donors (Lipinski definition) is 2. The van der Waals surface area contributed by atoms with Crippen LogP contribution < -0.4 is 16.0 Å². The van der Waals surface area contributed by atoms with Gasteiger partial charge in [0, 0.05) is 30.4 Å². The van der Waals surface area contributed by atoms with Crippen LogP contribution in [-0.4, -0.2) is 30.9 Å². The molecule has 5 nitrogen and oxygen atoms in total. The minimum atomic E-state index is -0.219. The molecule has 3 N–H and O–H groups in total. The Balaban J connectivity index is 1.42. The summed E-state index contributed by atoms with van der Waals surface area (Å²) in [4.78, 5) is 26.6. The third-order valence-corrected chi connectivity index (χ3v) is 8.42. The van der Waals surface area contributed by atoms with E-state index in [9.17, 15) is 9.59 Å². The van der Waals surface area contributed by atoms with E-state index in [1.54, 1.807) is 0 Å². The molecule has 3 aliphatic rings. The quantitative estimate of drug-likeness (QED) is 0.837. The van der Waals surface area contributed by atoms with E-state index in [2.05, 4.69) is 31.0 Å². The van der Waals surface area contributed by atoms with Crippen molar-refractivity contribution in [2.45, 2.75) is 58.9 Å². The number of anilines is 1. The lowest BCUT2D eigenvalue weighted by Gasteiger charge is -2.39. The number of hydrogen-bond acceptors (Lipinski definition) is 3. The van der Waals surface area contributed by atoms with Crippen molar-refractivity contribution < 1.29 is 9.59 Å². The zero-order valence-electron chi connectivity index (χ0n) is 17.3. The predicted molar refractivity (Wildman–Crippen MR) is 111 cm³/mol. The normalized spacial score (nSPS) is 33.7. The first-order chi connectivity index (χ1) is 13.2. The van der Waals surface area contributed by atoms with Crippen LogP contribution in [0.25, 0.3) is 0 Å². The van der Waals surface area contributed by atoms with Gasteiger partial charge in [-0.2, -0.15) is 0 Å². The van der Waals surface area contributed by atoms with Crippen LogP contribution >= 0.6 is 0 Å². The molecule has 0 spiro atoms. The molecule has 0 unspecified atom stereocenters. The van der Waals surface area contributed by atoms with E-state index in [0.29, 0.717) is 23.4 Å². The summed E-state index contributed by atoms with van der Waals surface area (Å²) in [5, 5.41) is 3.33. The average molecular weight is 384 g/mol. The SMILES string of the molecule is CC1(C)[C@H]2CC[C@@]1(C)[C@@H](NC(=O)c1ccc(N3CCC[C@H](C(N)=O)C3)cc1)C2. The summed E-state index contributed by atoms with van der Waals surface area (Å²) in [7, 11) is 0. The highest BCUT2D eigenvalue weighted by atomic mass is 16.2. The van der Waals surface area contributed by atoms with Crippen molar-refractivity contribution in [1.29, 1.82) is 0 Å². The first kappa shape index (κ1) is 19.3. The van der Waals surface area contributed by atoms with Crippen LogP contribution in [0.5, 0.6) is 0 Å². The maximum absolute atomic E-state index is 12.9. The number of nitrogens with zero attached hydrogens (tertiary/aromatic N) is 1. The molecule has 28 heavy (non-hydrogen) atoms. The summed E-state index contributed by atoms with van der Waals surface area (Å²) in [6.07, 6.45) is 5.41. The van der Waals surface area contributed by atoms with Gasteiger partial charge in [-0.25, -0.2) is 0 Å². The average Bonchev–Trinajstić information content (AvgIpc) is 3.01. The fraction of sp³-hybridized carbons (Fsp3) is 0.652. The third kappa shape index (κ3) is 2.99. The van der Waals surface area contributed by atoms with Gasteiger partial charge >= 0.3 is 0 Å². The predicted octanol–water partition coefficient (Wildman–Crippen LogP) is 3.33. The number of piperidine rings is 1. The number of benzene rings is 1. The van der Waals surface area contributed by atoms with Crippen molar-refractivity contribution in [3.05, 3.63) is 29.8 Å². The monoisotopic (exact) mass is 383 g/mol. The topological polar surface area (TPSA) is 75.4 Å². The summed E-state index contributed by atoms with van der Waals surface area (Å²) in [5.41, 5.74) is 7.72. The van der Waals surface area contributed by atoms with E-state index >= 15 is 0 Å². The van der Waals surface area contributed by atoms with Crippen LogP contribution in [0.2, 0.25) is 0 Å². The van der Waals surface area contributed by atoms with Crippen LogP contribution in [0.15, 0.2) is 24.3 Å². The molecule has 2 amide bonds. The molecule has 2 aliphatic carbocycles. The van der Waals surface area contributed by atoms with Crippen molar-refractivity contribution in [3.8, 4) is 0 Å². The van der Waals surface area contributed by atoms with Gasteiger partial charge in [0.2, 0.25) is 5.91 Å². The molecule has 4 atom stereocenters. The molecule has 2 bridgehead atoms. The standard InChI is InChI=1S/C23H33N3O2/c1-22(2)17-10-11-23(22,3)19(13-17)25-21(28)15-6-8-18(9-7-15)26-12-4-5-16(14-26)20(24)27/h6-9,16-17,19H,4-5,10-14H2,1-3H3,(H2,24,27)(H,25,28)/t16-,17-,19-,23-/m0/s1. The van der Waals surface area contributed by atoms with Gasteiger partial charge in [0.1, 0.15) is 0 Å². The van der Waals surface area contributed by atoms with Crippen LogP contribution in [0, 0.1) is 22.7 Å². The van der Waals surface area contributed by atoms with Gasteiger partial charge in [0.15, 0.2) is 0 Å². The van der Waals surface area contributed by atoms with Gasteiger partial charge < -0.3 is 16.0 Å². The molecule has 3 fully saturated rings. The number of carbonyl (C=O) groups is 2. The summed E-state index contributed by atoms with van der Waals surface area (Å²) < 4.78 is 0. The molecule has 4 rings (SSSR count). The highest BCUT2D eigenvalue weighted by molar-refractivity contribution is 5.94. The van der Waals surface area contributed by atoms with Crippen molar-refractivity contribution in [3.63, 3.8) is 0 Å². The smallest absolute Gasteiger partial charge is 0.251 e. The zero-order chi connectivity index (χ0) is 20.1. The first-order valence-corrected chi connectivity index (χ1v) is 10.7. The van der Waals surface area contributed by atoms with E-state index in [1.807, 2.05) is 24.3 Å². The van der Waals surface area contributed by atoms with E-state index in [-0.39, 0.29) is 29.2 Å². The molecule has 1 heterocycles. The van der Waals surface area contributed by atoms with Crippen molar-refractivity contribution >= 4 is 17.5 Å². The summed E-state index contributed by atoms with van der Waals surface area (Å²) in [6.45, 7) is 8.66. The Morgan fingerprint density at radius 2 is 1.86 bits per heavy atom. The van der Waals surface area contributed by atoms with Gasteiger partial charge in [0.05, 0.1) is 5.92 Å². The molecule has 152 valence electrons. The minimum absolute atomic E-state index is 0.0229. The van der Waals surface area contributed by atoms with Crippen LogP contribution in [0.4, 0.5) is 5.69 Å². The second kappa shape index (κ2) is 6.78. The van der Waals surface area contributed by atoms with Gasteiger partial charge in [-0.05, 0) is 73.1 Å². The summed E-state index contributed by atoms with van der Waals surface area (Å²) in [6, 6.07) is 8.04. The summed E-state index contributed by atoms with van der Waals surface area (Å²) in [5.74, 6) is 0.429. The fourth-order valence-electron chi connectivity index (χ4n) is 5.93. The molecule has 1 saturated heterocycles. The first-order valence-electron chi connectivity index (χ1n) is 10.7. The minimum Gasteiger partial charge on any atom is -0.371 e. The van der Waals surface area contributed by atoms with Crippen molar-refractivity contribution in [1.82, 2.24) is 5.32 Å². The van der Waals surface area contributed by atoms with Crippen LogP contribution in [-0.2, 0) is 4.79 Å². The second-order valence-electron chi connectivity index (χ2n) is 9.87. The van der Waals surface area contributed by atoms with Crippen LogP contribution in [0.1, 0.15) is 63.2 Å². The maximum atomic E-state index is 12.9. The number of rotatable bonds is 4. The molecule has 2 saturated carbocycles. The molecule has 5 heteroatoms. The number of carbonyl (C=O) groups excluding carboxylic acids is 2. The number of nitrogens with two attached hydrogens (primary N) is 1. The third-order valence-electron chi connectivity index (χ3n) is 8.42. The summed E-state index contributed by atoms with van der Waals surface area (Å²) >= 11 is 0. The molecule has 1 aliphatic heterocycles. The van der Waals surface area contributed by atoms with E-state index in [0.717, 1.165) is 31.5 Å². The lowest BCUT2D eigenvalue weighted by molar-refractivity contribution is -0.122. The van der Waals surface area contributed by atoms with Gasteiger partial charge in [-0.1, -0.05) is 20.8 Å². The Labute approximate surface area is 168 Å². The number of amides is 2. The maximum Gasteiger partial charge on any atom is 0.251 e. The lowest BCUT2D eigenvalue weighted by atomic mass is 9.69. The largest absolute Gasteiger partial charge is 0.371 e. The molecule has 1 aromatic carbocycles. The molecular formula is C23H33N3O2. The Morgan fingerprint density at radius 1 is 1.14 bits per heavy atom. The Bertz CT molecular complexity index is 773. The van der Waals surface area contributed by atoms with E-state index < -0.39 is 0 Å². The zero-order valence-corrected chi connectivity index (χ0v) is 17.3. The Kier molecular flexibility index (Phi) is 4.67. The highest BCUT2D eigenvalue weighted by Crippen LogP contribution is 2.65. The Morgan fingerprint density at radius 3 is 2.43 bits per heavy atom. The number of fused-ring (bicyclic) bond motifs is 2. The molecular weight excluding hydrogens is 350 g/mol. The molecule has 0 radical (unpaired) electrons. The molecule has 1 aromatic rings. The van der Waals surface area contributed by atoms with Crippen molar-refractivity contribution in [2.24, 2.45) is 28.4 Å². The van der Waals surface area contributed by atoms with E-state index in [1.165, 1.54) is 12.8 Å². The van der Waals surface area contributed by atoms with E-state index in [4.69, 9.17) is 5.73 Å². The van der Waals surface area contributed by atoms with Crippen LogP contribution in [0.3, 0.4) is 0 Å². The number of nitrogens with one attached hydrogen (secondary N) is 1. The Hall–Kier alpha value is -2.04. The second-order valence-corrected chi connectivity index (χ2v) is 9.87. The molecule has 0 aromatic heterocycles.